The Kier molecular flexibility index (Phi) is 4.94. The van der Waals surface area contributed by atoms with Crippen molar-refractivity contribution in [3.8, 4) is 0 Å². The summed E-state index contributed by atoms with van der Waals surface area (Å²) in [6.07, 6.45) is -0.677. The van der Waals surface area contributed by atoms with Crippen LogP contribution in [0.4, 0.5) is 5.69 Å². The van der Waals surface area contributed by atoms with Gasteiger partial charge in [0.2, 0.25) is 5.91 Å². The van der Waals surface area contributed by atoms with Crippen molar-refractivity contribution in [3.05, 3.63) is 29.8 Å². The standard InChI is InChI=1S/C14H21N3O3/c1-16-14(19)12-9-20-6-5-17(12)8-13(18)10-3-2-4-11(15)7-10/h2-4,7,12-13,18H,5-6,8-9,15H2,1H3,(H,16,19). The summed E-state index contributed by atoms with van der Waals surface area (Å²) in [5.41, 5.74) is 7.09. The summed E-state index contributed by atoms with van der Waals surface area (Å²) in [5.74, 6) is -0.0931. The lowest BCUT2D eigenvalue weighted by molar-refractivity contribution is -0.133. The maximum Gasteiger partial charge on any atom is 0.239 e. The molecular weight excluding hydrogens is 258 g/mol. The molecule has 6 heteroatoms. The first-order valence-corrected chi connectivity index (χ1v) is 6.68. The molecule has 1 saturated heterocycles. The Labute approximate surface area is 118 Å². The van der Waals surface area contributed by atoms with Gasteiger partial charge in [0, 0.05) is 25.8 Å². The average Bonchev–Trinajstić information content (AvgIpc) is 2.47. The van der Waals surface area contributed by atoms with Crippen molar-refractivity contribution in [2.75, 3.05) is 39.1 Å². The zero-order chi connectivity index (χ0) is 14.5. The quantitative estimate of drug-likeness (QED) is 0.662. The number of benzene rings is 1. The average molecular weight is 279 g/mol. The fourth-order valence-corrected chi connectivity index (χ4v) is 2.36. The van der Waals surface area contributed by atoms with Crippen molar-refractivity contribution >= 4 is 11.6 Å². The molecule has 0 aromatic heterocycles. The molecule has 1 aromatic carbocycles. The van der Waals surface area contributed by atoms with Crippen LogP contribution < -0.4 is 11.1 Å². The highest BCUT2D eigenvalue weighted by Gasteiger charge is 2.30. The number of amides is 1. The zero-order valence-corrected chi connectivity index (χ0v) is 11.6. The molecule has 1 aromatic rings. The fraction of sp³-hybridized carbons (Fsp3) is 0.500. The molecule has 0 spiro atoms. The van der Waals surface area contributed by atoms with E-state index in [4.69, 9.17) is 10.5 Å². The number of morpholine rings is 1. The normalized spacial score (nSPS) is 21.4. The van der Waals surface area contributed by atoms with E-state index < -0.39 is 6.10 Å². The predicted molar refractivity (Wildman–Crippen MR) is 76.1 cm³/mol. The molecule has 1 heterocycles. The van der Waals surface area contributed by atoms with Crippen molar-refractivity contribution in [2.24, 2.45) is 0 Å². The van der Waals surface area contributed by atoms with Crippen LogP contribution in [-0.4, -0.2) is 55.3 Å². The third-order valence-electron chi connectivity index (χ3n) is 3.49. The van der Waals surface area contributed by atoms with Crippen LogP contribution in [0.2, 0.25) is 0 Å². The number of carbonyl (C=O) groups excluding carboxylic acids is 1. The number of carbonyl (C=O) groups is 1. The van der Waals surface area contributed by atoms with Gasteiger partial charge in [0.25, 0.3) is 0 Å². The van der Waals surface area contributed by atoms with Gasteiger partial charge in [0.05, 0.1) is 19.3 Å². The second-order valence-corrected chi connectivity index (χ2v) is 4.89. The lowest BCUT2D eigenvalue weighted by Crippen LogP contribution is -2.54. The minimum Gasteiger partial charge on any atom is -0.399 e. The van der Waals surface area contributed by atoms with Gasteiger partial charge in [-0.15, -0.1) is 0 Å². The van der Waals surface area contributed by atoms with Gasteiger partial charge in [-0.3, -0.25) is 9.69 Å². The van der Waals surface area contributed by atoms with Gasteiger partial charge in [-0.2, -0.15) is 0 Å². The van der Waals surface area contributed by atoms with Crippen LogP contribution in [-0.2, 0) is 9.53 Å². The van der Waals surface area contributed by atoms with Crippen molar-refractivity contribution in [3.63, 3.8) is 0 Å². The molecule has 110 valence electrons. The van der Waals surface area contributed by atoms with Crippen LogP contribution >= 0.6 is 0 Å². The summed E-state index contributed by atoms with van der Waals surface area (Å²) in [7, 11) is 1.60. The predicted octanol–water partition coefficient (Wildman–Crippen LogP) is -0.251. The highest BCUT2D eigenvalue weighted by molar-refractivity contribution is 5.81. The Morgan fingerprint density at radius 3 is 3.15 bits per heavy atom. The summed E-state index contributed by atoms with van der Waals surface area (Å²) >= 11 is 0. The maximum absolute atomic E-state index is 11.8. The topological polar surface area (TPSA) is 87.8 Å². The van der Waals surface area contributed by atoms with Crippen molar-refractivity contribution in [1.29, 1.82) is 0 Å². The number of anilines is 1. The molecule has 1 aliphatic heterocycles. The highest BCUT2D eigenvalue weighted by Crippen LogP contribution is 2.19. The molecular formula is C14H21N3O3. The number of aliphatic hydroxyl groups excluding tert-OH is 1. The van der Waals surface area contributed by atoms with Gasteiger partial charge in [-0.25, -0.2) is 0 Å². The molecule has 0 aliphatic carbocycles. The molecule has 2 atom stereocenters. The summed E-state index contributed by atoms with van der Waals surface area (Å²) in [4.78, 5) is 13.8. The Bertz CT molecular complexity index is 467. The Morgan fingerprint density at radius 1 is 1.65 bits per heavy atom. The smallest absolute Gasteiger partial charge is 0.239 e. The van der Waals surface area contributed by atoms with E-state index in [-0.39, 0.29) is 11.9 Å². The van der Waals surface area contributed by atoms with Crippen molar-refractivity contribution < 1.29 is 14.6 Å². The molecule has 0 radical (unpaired) electrons. The van der Waals surface area contributed by atoms with E-state index in [0.717, 1.165) is 5.56 Å². The molecule has 1 aliphatic rings. The lowest BCUT2D eigenvalue weighted by Gasteiger charge is -2.35. The molecule has 0 saturated carbocycles. The highest BCUT2D eigenvalue weighted by atomic mass is 16.5. The second-order valence-electron chi connectivity index (χ2n) is 4.89. The number of rotatable bonds is 4. The molecule has 2 unspecified atom stereocenters. The van der Waals surface area contributed by atoms with E-state index in [9.17, 15) is 9.90 Å². The molecule has 20 heavy (non-hydrogen) atoms. The molecule has 2 rings (SSSR count). The van der Waals surface area contributed by atoms with E-state index >= 15 is 0 Å². The number of hydrogen-bond donors (Lipinski definition) is 3. The van der Waals surface area contributed by atoms with E-state index in [1.54, 1.807) is 19.2 Å². The molecule has 0 bridgehead atoms. The fourth-order valence-electron chi connectivity index (χ4n) is 2.36. The Hall–Kier alpha value is -1.63. The maximum atomic E-state index is 11.8. The third-order valence-corrected chi connectivity index (χ3v) is 3.49. The van der Waals surface area contributed by atoms with Gasteiger partial charge in [0.15, 0.2) is 0 Å². The van der Waals surface area contributed by atoms with Crippen LogP contribution in [0.1, 0.15) is 11.7 Å². The van der Waals surface area contributed by atoms with E-state index in [1.807, 2.05) is 17.0 Å². The summed E-state index contributed by atoms with van der Waals surface area (Å²) in [6.45, 7) is 1.92. The van der Waals surface area contributed by atoms with Gasteiger partial charge in [-0.1, -0.05) is 12.1 Å². The van der Waals surface area contributed by atoms with Gasteiger partial charge in [-0.05, 0) is 17.7 Å². The summed E-state index contributed by atoms with van der Waals surface area (Å²) in [6, 6.07) is 6.81. The van der Waals surface area contributed by atoms with Crippen LogP contribution in [0.5, 0.6) is 0 Å². The van der Waals surface area contributed by atoms with Crippen LogP contribution in [0.3, 0.4) is 0 Å². The zero-order valence-electron chi connectivity index (χ0n) is 11.6. The minimum atomic E-state index is -0.677. The Morgan fingerprint density at radius 2 is 2.45 bits per heavy atom. The minimum absolute atomic E-state index is 0.0931. The largest absolute Gasteiger partial charge is 0.399 e. The summed E-state index contributed by atoms with van der Waals surface area (Å²) in [5, 5.41) is 12.9. The SMILES string of the molecule is CNC(=O)C1COCCN1CC(O)c1cccc(N)c1. The monoisotopic (exact) mass is 279 g/mol. The number of aliphatic hydroxyl groups is 1. The van der Waals surface area contributed by atoms with Crippen LogP contribution in [0, 0.1) is 0 Å². The number of hydrogen-bond acceptors (Lipinski definition) is 5. The Balaban J connectivity index is 2.04. The van der Waals surface area contributed by atoms with Crippen molar-refractivity contribution in [2.45, 2.75) is 12.1 Å². The first-order valence-electron chi connectivity index (χ1n) is 6.68. The number of β-amino-alcohol motifs (C(OH)–C–C–N with tert-alkyl or cyclic N) is 1. The lowest BCUT2D eigenvalue weighted by atomic mass is 10.1. The number of nitrogens with two attached hydrogens (primary N) is 1. The number of ether oxygens (including phenoxy) is 1. The first-order chi connectivity index (χ1) is 9.61. The summed E-state index contributed by atoms with van der Waals surface area (Å²) < 4.78 is 5.34. The molecule has 1 amide bonds. The molecule has 4 N–H and O–H groups in total. The van der Waals surface area contributed by atoms with E-state index in [1.165, 1.54) is 0 Å². The van der Waals surface area contributed by atoms with Gasteiger partial charge < -0.3 is 20.9 Å². The first kappa shape index (κ1) is 14.8. The second kappa shape index (κ2) is 6.69. The van der Waals surface area contributed by atoms with Crippen LogP contribution in [0.15, 0.2) is 24.3 Å². The van der Waals surface area contributed by atoms with Crippen LogP contribution in [0.25, 0.3) is 0 Å². The molecule has 1 fully saturated rings. The van der Waals surface area contributed by atoms with Crippen molar-refractivity contribution in [1.82, 2.24) is 10.2 Å². The number of nitrogens with one attached hydrogen (secondary N) is 1. The third kappa shape index (κ3) is 3.47. The van der Waals surface area contributed by atoms with E-state index in [2.05, 4.69) is 5.32 Å². The molecule has 6 nitrogen and oxygen atoms in total. The van der Waals surface area contributed by atoms with Gasteiger partial charge >= 0.3 is 0 Å². The number of likely N-dealkylation sites (N-methyl/N-ethyl adjacent to an activating group) is 1. The van der Waals surface area contributed by atoms with Gasteiger partial charge in [0.1, 0.15) is 6.04 Å². The number of nitrogens with zero attached hydrogens (tertiary/aromatic N) is 1. The van der Waals surface area contributed by atoms with E-state index in [0.29, 0.717) is 32.0 Å². The number of nitrogen functional groups attached to an aromatic ring is 1.